The molecule has 5 nitrogen and oxygen atoms in total. The molecule has 0 amide bonds. The summed E-state index contributed by atoms with van der Waals surface area (Å²) in [4.78, 5) is 3.11. The maximum atomic E-state index is 11.7. The summed E-state index contributed by atoms with van der Waals surface area (Å²) < 4.78 is 27.0. The van der Waals surface area contributed by atoms with Gasteiger partial charge in [0.2, 0.25) is 0 Å². The van der Waals surface area contributed by atoms with E-state index in [0.29, 0.717) is 5.69 Å². The molecule has 0 aliphatic carbocycles. The summed E-state index contributed by atoms with van der Waals surface area (Å²) in [5.41, 5.74) is 2.65. The lowest BCUT2D eigenvalue weighted by Gasteiger charge is -2.13. The highest BCUT2D eigenvalue weighted by molar-refractivity contribution is 7.90. The van der Waals surface area contributed by atoms with Crippen molar-refractivity contribution in [3.05, 3.63) is 30.0 Å². The van der Waals surface area contributed by atoms with E-state index in [2.05, 4.69) is 9.71 Å². The molecular formula is C11H15N3O2S. The highest BCUT2D eigenvalue weighted by Gasteiger charge is 2.13. The van der Waals surface area contributed by atoms with Crippen LogP contribution in [-0.2, 0) is 10.2 Å². The molecule has 0 fully saturated rings. The second-order valence-corrected chi connectivity index (χ2v) is 6.01. The second kappa shape index (κ2) is 4.05. The lowest BCUT2D eigenvalue weighted by Crippen LogP contribution is -2.28. The Labute approximate surface area is 101 Å². The van der Waals surface area contributed by atoms with Crippen molar-refractivity contribution < 1.29 is 8.42 Å². The van der Waals surface area contributed by atoms with Gasteiger partial charge in [0.1, 0.15) is 0 Å². The molecule has 1 aromatic heterocycles. The molecule has 0 saturated heterocycles. The number of aromatic amines is 1. The number of benzene rings is 1. The van der Waals surface area contributed by atoms with Crippen LogP contribution in [0.2, 0.25) is 0 Å². The normalized spacial score (nSPS) is 12.2. The third-order valence-electron chi connectivity index (χ3n) is 2.62. The maximum absolute atomic E-state index is 11.7. The minimum absolute atomic E-state index is 0.564. The van der Waals surface area contributed by atoms with Crippen molar-refractivity contribution >= 4 is 26.8 Å². The van der Waals surface area contributed by atoms with Crippen molar-refractivity contribution in [2.75, 3.05) is 18.8 Å². The lowest BCUT2D eigenvalue weighted by molar-refractivity contribution is 0.527. The Morgan fingerprint density at radius 3 is 2.65 bits per heavy atom. The zero-order valence-electron chi connectivity index (χ0n) is 9.98. The first-order chi connectivity index (χ1) is 7.90. The van der Waals surface area contributed by atoms with Gasteiger partial charge in [-0.05, 0) is 30.7 Å². The van der Waals surface area contributed by atoms with Crippen molar-refractivity contribution in [3.8, 4) is 0 Å². The van der Waals surface area contributed by atoms with Crippen molar-refractivity contribution in [1.82, 2.24) is 9.29 Å². The number of anilines is 1. The van der Waals surface area contributed by atoms with Crippen LogP contribution in [0.15, 0.2) is 24.4 Å². The minimum Gasteiger partial charge on any atom is -0.361 e. The predicted molar refractivity (Wildman–Crippen MR) is 69.3 cm³/mol. The van der Waals surface area contributed by atoms with Crippen LogP contribution >= 0.6 is 0 Å². The third kappa shape index (κ3) is 2.27. The van der Waals surface area contributed by atoms with Gasteiger partial charge in [-0.2, -0.15) is 12.7 Å². The number of aryl methyl sites for hydroxylation is 1. The van der Waals surface area contributed by atoms with Gasteiger partial charge in [-0.15, -0.1) is 0 Å². The Kier molecular flexibility index (Phi) is 2.84. The second-order valence-electron chi connectivity index (χ2n) is 4.12. The Bertz CT molecular complexity index is 644. The Balaban J connectivity index is 2.41. The van der Waals surface area contributed by atoms with Crippen molar-refractivity contribution in [2.24, 2.45) is 0 Å². The first-order valence-electron chi connectivity index (χ1n) is 5.18. The average Bonchev–Trinajstić information content (AvgIpc) is 2.60. The summed E-state index contributed by atoms with van der Waals surface area (Å²) in [5.74, 6) is 0. The largest absolute Gasteiger partial charge is 0.361 e. The van der Waals surface area contributed by atoms with Gasteiger partial charge in [-0.25, -0.2) is 0 Å². The minimum atomic E-state index is -3.44. The molecule has 2 N–H and O–H groups in total. The van der Waals surface area contributed by atoms with Gasteiger partial charge in [-0.1, -0.05) is 0 Å². The van der Waals surface area contributed by atoms with Crippen LogP contribution in [0, 0.1) is 6.92 Å². The molecule has 17 heavy (non-hydrogen) atoms. The molecule has 0 saturated carbocycles. The van der Waals surface area contributed by atoms with Gasteiger partial charge in [0.25, 0.3) is 0 Å². The van der Waals surface area contributed by atoms with Gasteiger partial charge >= 0.3 is 10.2 Å². The molecule has 0 unspecified atom stereocenters. The fraction of sp³-hybridized carbons (Fsp3) is 0.273. The summed E-state index contributed by atoms with van der Waals surface area (Å²) in [6.45, 7) is 1.98. The van der Waals surface area contributed by atoms with E-state index in [4.69, 9.17) is 0 Å². The maximum Gasteiger partial charge on any atom is 0.301 e. The van der Waals surface area contributed by atoms with Crippen LogP contribution in [0.25, 0.3) is 10.9 Å². The number of H-pyrrole nitrogens is 1. The highest BCUT2D eigenvalue weighted by Crippen LogP contribution is 2.22. The summed E-state index contributed by atoms with van der Waals surface area (Å²) in [5, 5.41) is 1.02. The zero-order chi connectivity index (χ0) is 12.6. The smallest absolute Gasteiger partial charge is 0.301 e. The fourth-order valence-electron chi connectivity index (χ4n) is 1.56. The monoisotopic (exact) mass is 253 g/mol. The van der Waals surface area contributed by atoms with Gasteiger partial charge in [0.15, 0.2) is 0 Å². The topological polar surface area (TPSA) is 65.2 Å². The molecule has 0 radical (unpaired) electrons. The first kappa shape index (κ1) is 11.9. The Hall–Kier alpha value is -1.53. The van der Waals surface area contributed by atoms with Crippen molar-refractivity contribution in [2.45, 2.75) is 6.92 Å². The summed E-state index contributed by atoms with van der Waals surface area (Å²) >= 11 is 0. The van der Waals surface area contributed by atoms with E-state index in [1.165, 1.54) is 14.1 Å². The van der Waals surface area contributed by atoms with E-state index in [1.807, 2.05) is 25.3 Å². The molecule has 2 rings (SSSR count). The van der Waals surface area contributed by atoms with Crippen LogP contribution in [0.1, 0.15) is 5.56 Å². The van der Waals surface area contributed by atoms with Crippen LogP contribution in [-0.4, -0.2) is 31.8 Å². The quantitative estimate of drug-likeness (QED) is 0.874. The molecule has 0 aliphatic rings. The molecule has 6 heteroatoms. The lowest BCUT2D eigenvalue weighted by atomic mass is 10.2. The highest BCUT2D eigenvalue weighted by atomic mass is 32.2. The van der Waals surface area contributed by atoms with E-state index >= 15 is 0 Å². The van der Waals surface area contributed by atoms with Gasteiger partial charge < -0.3 is 4.98 Å². The van der Waals surface area contributed by atoms with Gasteiger partial charge in [-0.3, -0.25) is 4.72 Å². The number of nitrogens with one attached hydrogen (secondary N) is 2. The van der Waals surface area contributed by atoms with E-state index in [9.17, 15) is 8.42 Å². The van der Waals surface area contributed by atoms with E-state index in [1.54, 1.807) is 6.07 Å². The molecule has 0 atom stereocenters. The summed E-state index contributed by atoms with van der Waals surface area (Å²) in [6.07, 6.45) is 1.90. The van der Waals surface area contributed by atoms with Crippen molar-refractivity contribution in [3.63, 3.8) is 0 Å². The van der Waals surface area contributed by atoms with Crippen LogP contribution in [0.5, 0.6) is 0 Å². The molecule has 0 bridgehead atoms. The number of nitrogens with zero attached hydrogens (tertiary/aromatic N) is 1. The number of hydrogen-bond donors (Lipinski definition) is 2. The molecule has 0 aliphatic heterocycles. The fourth-order valence-corrected chi connectivity index (χ4v) is 2.17. The van der Waals surface area contributed by atoms with Crippen LogP contribution in [0.4, 0.5) is 5.69 Å². The Morgan fingerprint density at radius 1 is 1.29 bits per heavy atom. The molecular weight excluding hydrogens is 238 g/mol. The molecule has 1 aromatic carbocycles. The molecule has 92 valence electrons. The van der Waals surface area contributed by atoms with E-state index in [0.717, 1.165) is 20.8 Å². The van der Waals surface area contributed by atoms with Gasteiger partial charge in [0, 0.05) is 31.2 Å². The molecule has 0 spiro atoms. The van der Waals surface area contributed by atoms with Crippen LogP contribution in [0.3, 0.4) is 0 Å². The van der Waals surface area contributed by atoms with Crippen molar-refractivity contribution in [1.29, 1.82) is 0 Å². The van der Waals surface area contributed by atoms with Crippen LogP contribution < -0.4 is 4.72 Å². The number of aromatic nitrogens is 1. The first-order valence-corrected chi connectivity index (χ1v) is 6.62. The predicted octanol–water partition coefficient (Wildman–Crippen LogP) is 1.69. The molecule has 1 heterocycles. The summed E-state index contributed by atoms with van der Waals surface area (Å²) in [7, 11) is -0.466. The number of rotatable bonds is 3. The van der Waals surface area contributed by atoms with E-state index < -0.39 is 10.2 Å². The zero-order valence-corrected chi connectivity index (χ0v) is 10.8. The SMILES string of the molecule is Cc1c[nH]c2ccc(NS(=O)(=O)N(C)C)cc12. The number of hydrogen-bond acceptors (Lipinski definition) is 2. The Morgan fingerprint density at radius 2 is 2.00 bits per heavy atom. The average molecular weight is 253 g/mol. The number of fused-ring (bicyclic) bond motifs is 1. The molecule has 2 aromatic rings. The standard InChI is InChI=1S/C11H15N3O2S/c1-8-7-12-11-5-4-9(6-10(8)11)13-17(15,16)14(2)3/h4-7,12-13H,1-3H3. The van der Waals surface area contributed by atoms with E-state index in [-0.39, 0.29) is 0 Å². The summed E-state index contributed by atoms with van der Waals surface area (Å²) in [6, 6.07) is 5.41. The third-order valence-corrected chi connectivity index (χ3v) is 4.07. The van der Waals surface area contributed by atoms with Gasteiger partial charge in [0.05, 0.1) is 5.69 Å².